The van der Waals surface area contributed by atoms with Crippen LogP contribution < -0.4 is 5.32 Å². The topological polar surface area (TPSA) is 50.2 Å². The molecule has 25 heavy (non-hydrogen) atoms. The fourth-order valence-corrected chi connectivity index (χ4v) is 3.67. The van der Waals surface area contributed by atoms with Crippen molar-refractivity contribution in [2.45, 2.75) is 32.6 Å². The Bertz CT molecular complexity index is 709. The van der Waals surface area contributed by atoms with Gasteiger partial charge < -0.3 is 5.32 Å². The molecule has 1 atom stereocenters. The van der Waals surface area contributed by atoms with Gasteiger partial charge in [0.05, 0.1) is 18.4 Å². The van der Waals surface area contributed by atoms with Crippen LogP contribution in [0.3, 0.4) is 0 Å². The molecule has 5 heteroatoms. The van der Waals surface area contributed by atoms with Crippen LogP contribution in [0.2, 0.25) is 0 Å². The molecule has 1 aromatic carbocycles. The zero-order chi connectivity index (χ0) is 17.6. The standard InChI is InChI=1S/C20H28N4O/c1-16-6-3-4-8-18(16)10-9-17-7-5-11-24(13-17)15-20(25)22-19-12-21-23(2)14-19/h3-4,6,8,12,14,17H,5,7,9-11,13,15H2,1-2H3,(H,22,25). The minimum Gasteiger partial charge on any atom is -0.322 e. The summed E-state index contributed by atoms with van der Waals surface area (Å²) in [5, 5.41) is 7.00. The molecule has 3 rings (SSSR count). The van der Waals surface area contributed by atoms with Crippen LogP contribution in [0.25, 0.3) is 0 Å². The lowest BCUT2D eigenvalue weighted by Gasteiger charge is -2.32. The maximum absolute atomic E-state index is 12.2. The molecule has 0 saturated carbocycles. The number of aryl methyl sites for hydroxylation is 3. The number of amides is 1. The van der Waals surface area contributed by atoms with E-state index in [-0.39, 0.29) is 5.91 Å². The number of anilines is 1. The van der Waals surface area contributed by atoms with E-state index in [4.69, 9.17) is 0 Å². The third-order valence-corrected chi connectivity index (χ3v) is 5.04. The van der Waals surface area contributed by atoms with Gasteiger partial charge in [0.15, 0.2) is 0 Å². The van der Waals surface area contributed by atoms with E-state index in [0.29, 0.717) is 12.5 Å². The number of aromatic nitrogens is 2. The van der Waals surface area contributed by atoms with E-state index in [0.717, 1.165) is 25.2 Å². The molecular weight excluding hydrogens is 312 g/mol. The predicted octanol–water partition coefficient (Wildman–Crippen LogP) is 3.01. The largest absolute Gasteiger partial charge is 0.322 e. The van der Waals surface area contributed by atoms with E-state index in [1.165, 1.54) is 30.4 Å². The SMILES string of the molecule is Cc1ccccc1CCC1CCCN(CC(=O)Nc2cnn(C)c2)C1. The third-order valence-electron chi connectivity index (χ3n) is 5.04. The number of nitrogens with one attached hydrogen (secondary N) is 1. The van der Waals surface area contributed by atoms with Crippen molar-refractivity contribution in [3.63, 3.8) is 0 Å². The van der Waals surface area contributed by atoms with Gasteiger partial charge in [-0.25, -0.2) is 0 Å². The molecular formula is C20H28N4O. The lowest BCUT2D eigenvalue weighted by molar-refractivity contribution is -0.117. The zero-order valence-electron chi connectivity index (χ0n) is 15.2. The van der Waals surface area contributed by atoms with Crippen molar-refractivity contribution < 1.29 is 4.79 Å². The summed E-state index contributed by atoms with van der Waals surface area (Å²) < 4.78 is 1.69. The Hall–Kier alpha value is -2.14. The Morgan fingerprint density at radius 2 is 2.20 bits per heavy atom. The van der Waals surface area contributed by atoms with Gasteiger partial charge in [0.25, 0.3) is 0 Å². The molecule has 0 bridgehead atoms. The summed E-state index contributed by atoms with van der Waals surface area (Å²) in [5.41, 5.74) is 3.60. The van der Waals surface area contributed by atoms with E-state index in [9.17, 15) is 4.79 Å². The summed E-state index contributed by atoms with van der Waals surface area (Å²) in [6, 6.07) is 8.64. The summed E-state index contributed by atoms with van der Waals surface area (Å²) in [4.78, 5) is 14.5. The van der Waals surface area contributed by atoms with Gasteiger partial charge in [-0.15, -0.1) is 0 Å². The highest BCUT2D eigenvalue weighted by molar-refractivity contribution is 5.91. The number of piperidine rings is 1. The van der Waals surface area contributed by atoms with Gasteiger partial charge in [0, 0.05) is 19.8 Å². The van der Waals surface area contributed by atoms with Gasteiger partial charge in [-0.05, 0) is 56.2 Å². The quantitative estimate of drug-likeness (QED) is 0.879. The zero-order valence-corrected chi connectivity index (χ0v) is 15.2. The van der Waals surface area contributed by atoms with Gasteiger partial charge in [-0.1, -0.05) is 24.3 Å². The van der Waals surface area contributed by atoms with Crippen LogP contribution in [-0.2, 0) is 18.3 Å². The first-order chi connectivity index (χ1) is 12.1. The molecule has 1 fully saturated rings. The van der Waals surface area contributed by atoms with Gasteiger partial charge in [0.2, 0.25) is 5.91 Å². The van der Waals surface area contributed by atoms with Crippen LogP contribution >= 0.6 is 0 Å². The van der Waals surface area contributed by atoms with Crippen LogP contribution in [0.4, 0.5) is 5.69 Å². The molecule has 134 valence electrons. The maximum Gasteiger partial charge on any atom is 0.238 e. The van der Waals surface area contributed by atoms with Crippen LogP contribution in [0, 0.1) is 12.8 Å². The molecule has 0 spiro atoms. The summed E-state index contributed by atoms with van der Waals surface area (Å²) >= 11 is 0. The van der Waals surface area contributed by atoms with Crippen molar-refractivity contribution in [3.8, 4) is 0 Å². The number of carbonyl (C=O) groups excluding carboxylic acids is 1. The fraction of sp³-hybridized carbons (Fsp3) is 0.500. The van der Waals surface area contributed by atoms with E-state index < -0.39 is 0 Å². The number of benzene rings is 1. The second-order valence-corrected chi connectivity index (χ2v) is 7.16. The maximum atomic E-state index is 12.2. The van der Waals surface area contributed by atoms with Crippen molar-refractivity contribution in [1.29, 1.82) is 0 Å². The normalized spacial score (nSPS) is 18.2. The van der Waals surface area contributed by atoms with Crippen molar-refractivity contribution in [1.82, 2.24) is 14.7 Å². The van der Waals surface area contributed by atoms with Crippen molar-refractivity contribution in [2.75, 3.05) is 25.0 Å². The molecule has 0 radical (unpaired) electrons. The van der Waals surface area contributed by atoms with Crippen LogP contribution in [0.5, 0.6) is 0 Å². The number of likely N-dealkylation sites (tertiary alicyclic amines) is 1. The molecule has 5 nitrogen and oxygen atoms in total. The monoisotopic (exact) mass is 340 g/mol. The Morgan fingerprint density at radius 3 is 2.96 bits per heavy atom. The molecule has 1 aliphatic rings. The van der Waals surface area contributed by atoms with Crippen LogP contribution in [0.15, 0.2) is 36.7 Å². The van der Waals surface area contributed by atoms with Gasteiger partial charge in [-0.2, -0.15) is 5.10 Å². The van der Waals surface area contributed by atoms with Gasteiger partial charge in [0.1, 0.15) is 0 Å². The number of nitrogens with zero attached hydrogens (tertiary/aromatic N) is 3. The molecule has 2 heterocycles. The van der Waals surface area contributed by atoms with Crippen LogP contribution in [-0.4, -0.2) is 40.2 Å². The summed E-state index contributed by atoms with van der Waals surface area (Å²) in [6.45, 7) is 4.69. The van der Waals surface area contributed by atoms with Gasteiger partial charge in [-0.3, -0.25) is 14.4 Å². The highest BCUT2D eigenvalue weighted by atomic mass is 16.2. The Morgan fingerprint density at radius 1 is 1.36 bits per heavy atom. The first-order valence-electron chi connectivity index (χ1n) is 9.15. The fourth-order valence-electron chi connectivity index (χ4n) is 3.67. The summed E-state index contributed by atoms with van der Waals surface area (Å²) in [6.07, 6.45) is 8.28. The lowest BCUT2D eigenvalue weighted by atomic mass is 9.90. The highest BCUT2D eigenvalue weighted by Gasteiger charge is 2.21. The van der Waals surface area contributed by atoms with E-state index in [1.807, 2.05) is 13.2 Å². The predicted molar refractivity (Wildman–Crippen MR) is 101 cm³/mol. The van der Waals surface area contributed by atoms with Crippen molar-refractivity contribution >= 4 is 11.6 Å². The minimum absolute atomic E-state index is 0.0487. The molecule has 1 amide bonds. The average Bonchev–Trinajstić information content (AvgIpc) is 2.99. The lowest BCUT2D eigenvalue weighted by Crippen LogP contribution is -2.40. The first kappa shape index (κ1) is 17.7. The average molecular weight is 340 g/mol. The number of carbonyl (C=O) groups is 1. The third kappa shape index (κ3) is 5.16. The second kappa shape index (κ2) is 8.30. The molecule has 0 aliphatic carbocycles. The Labute approximate surface area is 150 Å². The van der Waals surface area contributed by atoms with E-state index >= 15 is 0 Å². The summed E-state index contributed by atoms with van der Waals surface area (Å²) in [5.74, 6) is 0.729. The van der Waals surface area contributed by atoms with Crippen LogP contribution in [0.1, 0.15) is 30.4 Å². The number of hydrogen-bond donors (Lipinski definition) is 1. The molecule has 1 N–H and O–H groups in total. The first-order valence-corrected chi connectivity index (χ1v) is 9.15. The van der Waals surface area contributed by atoms with E-state index in [1.54, 1.807) is 10.9 Å². The molecule has 1 aliphatic heterocycles. The second-order valence-electron chi connectivity index (χ2n) is 7.16. The molecule has 2 aromatic rings. The number of hydrogen-bond acceptors (Lipinski definition) is 3. The Balaban J connectivity index is 1.46. The molecule has 1 aromatic heterocycles. The van der Waals surface area contributed by atoms with Crippen molar-refractivity contribution in [2.24, 2.45) is 13.0 Å². The highest BCUT2D eigenvalue weighted by Crippen LogP contribution is 2.22. The molecule has 1 saturated heterocycles. The number of rotatable bonds is 6. The minimum atomic E-state index is 0.0487. The van der Waals surface area contributed by atoms with Gasteiger partial charge >= 0.3 is 0 Å². The van der Waals surface area contributed by atoms with E-state index in [2.05, 4.69) is 46.5 Å². The summed E-state index contributed by atoms with van der Waals surface area (Å²) in [7, 11) is 1.85. The molecule has 1 unspecified atom stereocenters. The smallest absolute Gasteiger partial charge is 0.238 e. The Kier molecular flexibility index (Phi) is 5.87. The van der Waals surface area contributed by atoms with Crippen molar-refractivity contribution in [3.05, 3.63) is 47.8 Å².